The molecule has 0 aliphatic carbocycles. The Bertz CT molecular complexity index is 1780. The fourth-order valence-corrected chi connectivity index (χ4v) is 5.31. The van der Waals surface area contributed by atoms with E-state index in [0.29, 0.717) is 0 Å². The summed E-state index contributed by atoms with van der Waals surface area (Å²) in [6.45, 7) is 0. The molecule has 0 amide bonds. The van der Waals surface area contributed by atoms with Crippen LogP contribution >= 0.6 is 0 Å². The molecule has 2 heterocycles. The Hall–Kier alpha value is -4.50. The Morgan fingerprint density at radius 3 is 1.76 bits per heavy atom. The molecule has 5 aromatic carbocycles. The van der Waals surface area contributed by atoms with Crippen LogP contribution in [-0.4, -0.2) is 9.13 Å². The van der Waals surface area contributed by atoms with Gasteiger partial charge in [-0.3, -0.25) is 0 Å². The van der Waals surface area contributed by atoms with Gasteiger partial charge in [0.05, 0.1) is 11.0 Å². The van der Waals surface area contributed by atoms with Crippen molar-refractivity contribution in [1.29, 1.82) is 0 Å². The molecule has 7 rings (SSSR count). The lowest BCUT2D eigenvalue weighted by atomic mass is 10.1. The molecule has 0 unspecified atom stereocenters. The predicted molar refractivity (Wildman–Crippen MR) is 144 cm³/mol. The summed E-state index contributed by atoms with van der Waals surface area (Å²) >= 11 is 0. The summed E-state index contributed by atoms with van der Waals surface area (Å²) in [5, 5.41) is 8.62. The maximum atomic E-state index is 3.55. The fourth-order valence-electron chi connectivity index (χ4n) is 5.31. The molecule has 1 N–H and O–H groups in total. The lowest BCUT2D eigenvalue weighted by Gasteiger charge is -2.09. The van der Waals surface area contributed by atoms with Gasteiger partial charge in [0.1, 0.15) is 0 Å². The first-order chi connectivity index (χ1) is 16.8. The molecule has 0 aliphatic heterocycles. The second-order valence-corrected chi connectivity index (χ2v) is 8.85. The number of hydrogen-bond donors (Lipinski definition) is 1. The normalized spacial score (nSPS) is 11.7. The summed E-state index contributed by atoms with van der Waals surface area (Å²) in [7, 11) is 2.15. The average molecular weight is 438 g/mol. The first-order valence-electron chi connectivity index (χ1n) is 11.6. The van der Waals surface area contributed by atoms with Gasteiger partial charge in [-0.25, -0.2) is 0 Å². The molecule has 0 aliphatic rings. The number of fused-ring (bicyclic) bond motifs is 6. The van der Waals surface area contributed by atoms with Gasteiger partial charge < -0.3 is 14.5 Å². The predicted octanol–water partition coefficient (Wildman–Crippen LogP) is 8.17. The van der Waals surface area contributed by atoms with Crippen LogP contribution in [0.4, 0.5) is 11.4 Å². The molecule has 2 aromatic heterocycles. The summed E-state index contributed by atoms with van der Waals surface area (Å²) < 4.78 is 4.67. The molecule has 3 nitrogen and oxygen atoms in total. The Morgan fingerprint density at radius 1 is 0.471 bits per heavy atom. The van der Waals surface area contributed by atoms with Crippen LogP contribution in [0.1, 0.15) is 0 Å². The van der Waals surface area contributed by atoms with Crippen molar-refractivity contribution in [3.63, 3.8) is 0 Å². The Morgan fingerprint density at radius 2 is 1.06 bits per heavy atom. The minimum atomic E-state index is 1.09. The number of aryl methyl sites for hydroxylation is 1. The van der Waals surface area contributed by atoms with Crippen LogP contribution in [0.3, 0.4) is 0 Å². The number of para-hydroxylation sites is 3. The number of rotatable bonds is 3. The summed E-state index contributed by atoms with van der Waals surface area (Å²) in [6.07, 6.45) is 0. The van der Waals surface area contributed by atoms with E-state index < -0.39 is 0 Å². The highest BCUT2D eigenvalue weighted by atomic mass is 15.0. The van der Waals surface area contributed by atoms with Gasteiger partial charge in [0.2, 0.25) is 0 Å². The van der Waals surface area contributed by atoms with E-state index in [-0.39, 0.29) is 0 Å². The highest BCUT2D eigenvalue weighted by molar-refractivity contribution is 6.12. The lowest BCUT2D eigenvalue weighted by molar-refractivity contribution is 1.01. The van der Waals surface area contributed by atoms with Crippen molar-refractivity contribution < 1.29 is 0 Å². The molecule has 0 radical (unpaired) electrons. The van der Waals surface area contributed by atoms with Gasteiger partial charge in [-0.2, -0.15) is 0 Å². The first-order valence-corrected chi connectivity index (χ1v) is 11.6. The van der Waals surface area contributed by atoms with Crippen molar-refractivity contribution in [1.82, 2.24) is 9.13 Å². The van der Waals surface area contributed by atoms with Crippen LogP contribution in [0.15, 0.2) is 115 Å². The number of nitrogens with zero attached hydrogens (tertiary/aromatic N) is 2. The molecule has 0 atom stereocenters. The monoisotopic (exact) mass is 437 g/mol. The van der Waals surface area contributed by atoms with Gasteiger partial charge >= 0.3 is 0 Å². The van der Waals surface area contributed by atoms with E-state index in [1.807, 2.05) is 6.07 Å². The Labute approximate surface area is 197 Å². The third-order valence-corrected chi connectivity index (χ3v) is 6.89. The molecule has 0 saturated carbocycles. The fraction of sp³-hybridized carbons (Fsp3) is 0.0323. The third-order valence-electron chi connectivity index (χ3n) is 6.89. The lowest BCUT2D eigenvalue weighted by Crippen LogP contribution is -1.94. The molecule has 162 valence electrons. The van der Waals surface area contributed by atoms with E-state index in [1.54, 1.807) is 0 Å². The molecule has 34 heavy (non-hydrogen) atoms. The Kier molecular flexibility index (Phi) is 4.06. The Balaban J connectivity index is 1.47. The number of nitrogens with one attached hydrogen (secondary N) is 1. The number of hydrogen-bond acceptors (Lipinski definition) is 1. The zero-order chi connectivity index (χ0) is 22.6. The van der Waals surface area contributed by atoms with Crippen molar-refractivity contribution in [2.24, 2.45) is 7.05 Å². The summed E-state index contributed by atoms with van der Waals surface area (Å²) in [4.78, 5) is 0. The van der Waals surface area contributed by atoms with Crippen molar-refractivity contribution in [2.75, 3.05) is 5.32 Å². The topological polar surface area (TPSA) is 21.9 Å². The van der Waals surface area contributed by atoms with Gasteiger partial charge in [0, 0.05) is 56.7 Å². The van der Waals surface area contributed by atoms with E-state index in [9.17, 15) is 0 Å². The SMILES string of the molecule is Cn1c2ccc(Nc3ccccc3)cc2c2cc(-n3c4ccccc4c4ccccc43)ccc21. The number of aromatic nitrogens is 2. The van der Waals surface area contributed by atoms with Crippen molar-refractivity contribution in [2.45, 2.75) is 0 Å². The number of benzene rings is 5. The second kappa shape index (κ2) is 7.26. The van der Waals surface area contributed by atoms with E-state index >= 15 is 0 Å². The highest BCUT2D eigenvalue weighted by Gasteiger charge is 2.14. The highest BCUT2D eigenvalue weighted by Crippen LogP contribution is 2.36. The summed E-state index contributed by atoms with van der Waals surface area (Å²) in [5.74, 6) is 0. The maximum Gasteiger partial charge on any atom is 0.0541 e. The van der Waals surface area contributed by atoms with Crippen LogP contribution in [-0.2, 0) is 7.05 Å². The van der Waals surface area contributed by atoms with E-state index in [0.717, 1.165) is 11.4 Å². The molecule has 0 bridgehead atoms. The molecule has 0 fully saturated rings. The zero-order valence-corrected chi connectivity index (χ0v) is 18.9. The van der Waals surface area contributed by atoms with Crippen molar-refractivity contribution >= 4 is 55.0 Å². The standard InChI is InChI=1S/C31H23N3/c1-33-28-17-15-22(32-21-9-3-2-4-10-21)19-26(28)27-20-23(16-18-29(27)33)34-30-13-7-5-11-24(30)25-12-6-8-14-31(25)34/h2-20,32H,1H3. The summed E-state index contributed by atoms with van der Waals surface area (Å²) in [6, 6.07) is 41.1. The molecular formula is C31H23N3. The van der Waals surface area contributed by atoms with Crippen LogP contribution in [0.25, 0.3) is 49.3 Å². The van der Waals surface area contributed by atoms with Gasteiger partial charge in [-0.05, 0) is 60.7 Å². The van der Waals surface area contributed by atoms with Crippen molar-refractivity contribution in [3.8, 4) is 5.69 Å². The van der Waals surface area contributed by atoms with E-state index in [4.69, 9.17) is 0 Å². The van der Waals surface area contributed by atoms with Crippen LogP contribution in [0.2, 0.25) is 0 Å². The van der Waals surface area contributed by atoms with Crippen LogP contribution in [0.5, 0.6) is 0 Å². The smallest absolute Gasteiger partial charge is 0.0541 e. The van der Waals surface area contributed by atoms with Gasteiger partial charge in [0.25, 0.3) is 0 Å². The molecule has 0 spiro atoms. The minimum Gasteiger partial charge on any atom is -0.356 e. The van der Waals surface area contributed by atoms with Crippen LogP contribution in [0, 0.1) is 0 Å². The average Bonchev–Trinajstić information content (AvgIpc) is 3.37. The van der Waals surface area contributed by atoms with Crippen molar-refractivity contribution in [3.05, 3.63) is 115 Å². The maximum absolute atomic E-state index is 3.55. The van der Waals surface area contributed by atoms with Gasteiger partial charge in [-0.1, -0.05) is 54.6 Å². The number of anilines is 2. The largest absolute Gasteiger partial charge is 0.356 e. The molecular weight excluding hydrogens is 414 g/mol. The quantitative estimate of drug-likeness (QED) is 0.296. The molecule has 7 aromatic rings. The first kappa shape index (κ1) is 19.0. The zero-order valence-electron chi connectivity index (χ0n) is 18.9. The molecule has 3 heteroatoms. The molecule has 0 saturated heterocycles. The second-order valence-electron chi connectivity index (χ2n) is 8.85. The van der Waals surface area contributed by atoms with Gasteiger partial charge in [-0.15, -0.1) is 0 Å². The van der Waals surface area contributed by atoms with Gasteiger partial charge in [0.15, 0.2) is 0 Å². The van der Waals surface area contributed by atoms with E-state index in [1.165, 1.54) is 49.3 Å². The summed E-state index contributed by atoms with van der Waals surface area (Å²) in [5.41, 5.74) is 8.29. The van der Waals surface area contributed by atoms with E-state index in [2.05, 4.69) is 131 Å². The van der Waals surface area contributed by atoms with Crippen LogP contribution < -0.4 is 5.32 Å². The third kappa shape index (κ3) is 2.77. The minimum absolute atomic E-state index is 1.09.